The van der Waals surface area contributed by atoms with Crippen molar-refractivity contribution in [2.45, 2.75) is 59.6 Å². The minimum atomic E-state index is -0.582. The van der Waals surface area contributed by atoms with Gasteiger partial charge in [0.15, 0.2) is 5.78 Å². The Hall–Kier alpha value is -1.39. The number of aliphatic hydroxyl groups excluding tert-OH is 1. The van der Waals surface area contributed by atoms with E-state index in [0.29, 0.717) is 17.9 Å². The summed E-state index contributed by atoms with van der Waals surface area (Å²) in [4.78, 5) is 11.2. The molecule has 0 bridgehead atoms. The van der Waals surface area contributed by atoms with Gasteiger partial charge < -0.3 is 15.2 Å². The molecule has 130 valence electrons. The molecule has 0 aliphatic heterocycles. The van der Waals surface area contributed by atoms with E-state index in [1.54, 1.807) is 24.3 Å². The molecule has 1 rings (SSSR count). The van der Waals surface area contributed by atoms with Crippen LogP contribution in [0.2, 0.25) is 0 Å². The Labute approximate surface area is 140 Å². The Kier molecular flexibility index (Phi) is 6.78. The average molecular weight is 321 g/mol. The van der Waals surface area contributed by atoms with E-state index in [-0.39, 0.29) is 23.3 Å². The van der Waals surface area contributed by atoms with Gasteiger partial charge in [-0.2, -0.15) is 0 Å². The number of ether oxygens (including phenoxy) is 1. The normalized spacial score (nSPS) is 13.7. The molecule has 2 N–H and O–H groups in total. The van der Waals surface area contributed by atoms with Crippen molar-refractivity contribution in [3.8, 4) is 5.75 Å². The summed E-state index contributed by atoms with van der Waals surface area (Å²) in [7, 11) is 0. The van der Waals surface area contributed by atoms with Crippen molar-refractivity contribution in [1.29, 1.82) is 0 Å². The van der Waals surface area contributed by atoms with E-state index in [9.17, 15) is 9.90 Å². The van der Waals surface area contributed by atoms with Gasteiger partial charge in [0.25, 0.3) is 0 Å². The van der Waals surface area contributed by atoms with Crippen LogP contribution in [0.15, 0.2) is 24.3 Å². The molecule has 0 radical (unpaired) electrons. The van der Waals surface area contributed by atoms with Crippen LogP contribution in [0, 0.1) is 5.41 Å². The van der Waals surface area contributed by atoms with Crippen LogP contribution < -0.4 is 10.1 Å². The number of Topliss-reactive ketones (excluding diaryl/α,β-unsaturated/α-hetero) is 1. The molecule has 23 heavy (non-hydrogen) atoms. The number of carbonyl (C=O) groups is 1. The van der Waals surface area contributed by atoms with Crippen LogP contribution in [0.4, 0.5) is 0 Å². The fourth-order valence-corrected chi connectivity index (χ4v) is 2.82. The first-order valence-corrected chi connectivity index (χ1v) is 8.15. The maximum atomic E-state index is 11.2. The fourth-order valence-electron chi connectivity index (χ4n) is 2.82. The molecular weight excluding hydrogens is 290 g/mol. The summed E-state index contributed by atoms with van der Waals surface area (Å²) in [5, 5.41) is 13.5. The molecule has 0 aromatic heterocycles. The number of hydrogen-bond acceptors (Lipinski definition) is 4. The molecule has 0 saturated carbocycles. The molecular formula is C19H31NO3. The summed E-state index contributed by atoms with van der Waals surface area (Å²) in [5.41, 5.74) is 0.849. The lowest BCUT2D eigenvalue weighted by atomic mass is 9.82. The minimum Gasteiger partial charge on any atom is -0.491 e. The van der Waals surface area contributed by atoms with Gasteiger partial charge >= 0.3 is 0 Å². The number of nitrogens with one attached hydrogen (secondary N) is 1. The zero-order valence-corrected chi connectivity index (χ0v) is 15.3. The van der Waals surface area contributed by atoms with Gasteiger partial charge in [-0.05, 0) is 56.9 Å². The Morgan fingerprint density at radius 1 is 1.17 bits per heavy atom. The first-order valence-electron chi connectivity index (χ1n) is 8.15. The summed E-state index contributed by atoms with van der Waals surface area (Å²) < 4.78 is 5.57. The number of aliphatic hydroxyl groups is 1. The van der Waals surface area contributed by atoms with Crippen LogP contribution in [0.5, 0.6) is 5.75 Å². The van der Waals surface area contributed by atoms with Crippen LogP contribution in [0.25, 0.3) is 0 Å². The van der Waals surface area contributed by atoms with E-state index in [2.05, 4.69) is 39.9 Å². The molecule has 1 aromatic carbocycles. The Balaban J connectivity index is 2.39. The second-order valence-corrected chi connectivity index (χ2v) is 8.05. The highest BCUT2D eigenvalue weighted by Crippen LogP contribution is 2.26. The van der Waals surface area contributed by atoms with Crippen molar-refractivity contribution >= 4 is 5.78 Å². The molecule has 0 aliphatic rings. The maximum Gasteiger partial charge on any atom is 0.159 e. The van der Waals surface area contributed by atoms with E-state index >= 15 is 0 Å². The highest BCUT2D eigenvalue weighted by atomic mass is 16.5. The Morgan fingerprint density at radius 2 is 1.74 bits per heavy atom. The van der Waals surface area contributed by atoms with Gasteiger partial charge in [0.05, 0.1) is 0 Å². The zero-order valence-electron chi connectivity index (χ0n) is 15.3. The molecule has 0 fully saturated rings. The smallest absolute Gasteiger partial charge is 0.159 e. The van der Waals surface area contributed by atoms with Gasteiger partial charge in [-0.3, -0.25) is 4.79 Å². The first kappa shape index (κ1) is 19.7. The van der Waals surface area contributed by atoms with Crippen molar-refractivity contribution in [3.05, 3.63) is 29.8 Å². The highest BCUT2D eigenvalue weighted by molar-refractivity contribution is 5.94. The second-order valence-electron chi connectivity index (χ2n) is 8.05. The van der Waals surface area contributed by atoms with Crippen molar-refractivity contribution in [3.63, 3.8) is 0 Å². The predicted molar refractivity (Wildman–Crippen MR) is 94.1 cm³/mol. The van der Waals surface area contributed by atoms with Crippen LogP contribution in [-0.2, 0) is 0 Å². The van der Waals surface area contributed by atoms with Gasteiger partial charge in [0.2, 0.25) is 0 Å². The molecule has 0 heterocycles. The predicted octanol–water partition coefficient (Wildman–Crippen LogP) is 3.43. The van der Waals surface area contributed by atoms with E-state index in [1.807, 2.05) is 0 Å². The molecule has 0 amide bonds. The van der Waals surface area contributed by atoms with E-state index in [1.165, 1.54) is 6.92 Å². The molecule has 1 aromatic rings. The second kappa shape index (κ2) is 7.93. The quantitative estimate of drug-likeness (QED) is 0.720. The van der Waals surface area contributed by atoms with Crippen molar-refractivity contribution < 1.29 is 14.6 Å². The molecule has 4 heteroatoms. The van der Waals surface area contributed by atoms with Crippen LogP contribution in [-0.4, -0.2) is 35.7 Å². The van der Waals surface area contributed by atoms with Gasteiger partial charge in [0.1, 0.15) is 18.5 Å². The van der Waals surface area contributed by atoms with Gasteiger partial charge in [-0.1, -0.05) is 20.8 Å². The van der Waals surface area contributed by atoms with Crippen molar-refractivity contribution in [2.75, 3.05) is 13.2 Å². The molecule has 0 unspecified atom stereocenters. The number of benzene rings is 1. The monoisotopic (exact) mass is 321 g/mol. The lowest BCUT2D eigenvalue weighted by molar-refractivity contribution is 0.0943. The lowest BCUT2D eigenvalue weighted by Crippen LogP contribution is -2.46. The minimum absolute atomic E-state index is 0.0295. The molecule has 0 spiro atoms. The van der Waals surface area contributed by atoms with Crippen molar-refractivity contribution in [2.24, 2.45) is 5.41 Å². The topological polar surface area (TPSA) is 58.6 Å². The van der Waals surface area contributed by atoms with Crippen LogP contribution >= 0.6 is 0 Å². The lowest BCUT2D eigenvalue weighted by Gasteiger charge is -2.34. The molecule has 0 aliphatic carbocycles. The van der Waals surface area contributed by atoms with E-state index < -0.39 is 6.10 Å². The Bertz CT molecular complexity index is 500. The van der Waals surface area contributed by atoms with E-state index in [0.717, 1.165) is 6.42 Å². The van der Waals surface area contributed by atoms with Crippen molar-refractivity contribution in [1.82, 2.24) is 5.32 Å². The summed E-state index contributed by atoms with van der Waals surface area (Å²) in [5.74, 6) is 0.685. The summed E-state index contributed by atoms with van der Waals surface area (Å²) in [6.07, 6.45) is 0.432. The summed E-state index contributed by atoms with van der Waals surface area (Å²) >= 11 is 0. The molecule has 0 saturated heterocycles. The third kappa shape index (κ3) is 8.14. The number of β-amino-alcohol motifs (C(OH)–C–C–N with tert-alkyl or cyclic N) is 1. The standard InChI is InChI=1S/C19H31NO3/c1-14(21)15-7-9-17(10-8-15)23-12-16(22)11-20-19(5,6)13-18(2,3)4/h7-10,16,20,22H,11-13H2,1-6H3/t16-/m1/s1. The van der Waals surface area contributed by atoms with Crippen LogP contribution in [0.3, 0.4) is 0 Å². The number of ketones is 1. The van der Waals surface area contributed by atoms with Gasteiger partial charge in [-0.15, -0.1) is 0 Å². The van der Waals surface area contributed by atoms with Crippen LogP contribution in [0.1, 0.15) is 58.3 Å². The molecule has 4 nitrogen and oxygen atoms in total. The number of hydrogen-bond donors (Lipinski definition) is 2. The first-order chi connectivity index (χ1) is 10.5. The number of carbonyl (C=O) groups excluding carboxylic acids is 1. The largest absolute Gasteiger partial charge is 0.491 e. The zero-order chi connectivity index (χ0) is 17.7. The third-order valence-electron chi connectivity index (χ3n) is 3.49. The summed E-state index contributed by atoms with van der Waals surface area (Å²) in [6.45, 7) is 13.2. The SMILES string of the molecule is CC(=O)c1ccc(OC[C@H](O)CNC(C)(C)CC(C)(C)C)cc1. The van der Waals surface area contributed by atoms with E-state index in [4.69, 9.17) is 4.74 Å². The fraction of sp³-hybridized carbons (Fsp3) is 0.632. The van der Waals surface area contributed by atoms with Gasteiger partial charge in [0, 0.05) is 17.6 Å². The Morgan fingerprint density at radius 3 is 2.22 bits per heavy atom. The average Bonchev–Trinajstić information content (AvgIpc) is 2.41. The summed E-state index contributed by atoms with van der Waals surface area (Å²) in [6, 6.07) is 6.96. The van der Waals surface area contributed by atoms with Gasteiger partial charge in [-0.25, -0.2) is 0 Å². The maximum absolute atomic E-state index is 11.2. The molecule has 1 atom stereocenters. The number of rotatable bonds is 8. The highest BCUT2D eigenvalue weighted by Gasteiger charge is 2.25. The third-order valence-corrected chi connectivity index (χ3v) is 3.49.